The second-order valence-electron chi connectivity index (χ2n) is 8.56. The first kappa shape index (κ1) is 23.3. The Balaban J connectivity index is 1.39. The average Bonchev–Trinajstić information content (AvgIpc) is 3.33. The van der Waals surface area contributed by atoms with Gasteiger partial charge in [0.05, 0.1) is 29.9 Å². The summed E-state index contributed by atoms with van der Waals surface area (Å²) in [7, 11) is 0. The molecule has 3 heterocycles. The number of fused-ring (bicyclic) bond motifs is 1. The zero-order valence-corrected chi connectivity index (χ0v) is 20.3. The summed E-state index contributed by atoms with van der Waals surface area (Å²) >= 11 is 1.19. The van der Waals surface area contributed by atoms with Crippen LogP contribution >= 0.6 is 11.8 Å². The summed E-state index contributed by atoms with van der Waals surface area (Å²) in [6.45, 7) is 5.37. The molecule has 10 heteroatoms. The quantitative estimate of drug-likeness (QED) is 0.379. The summed E-state index contributed by atoms with van der Waals surface area (Å²) in [6.07, 6.45) is 0.0160. The molecule has 0 aliphatic carbocycles. The van der Waals surface area contributed by atoms with Crippen LogP contribution in [0, 0.1) is 0 Å². The number of amides is 1. The molecule has 4 aromatic rings. The standard InChI is InChI=1S/C25H25N5O4S/c1-16-12-29(13-17(2)33-16)21(31)15-35-25-27-26-23(34-25)22-19-10-6-7-11-20(19)24(32)30(28-22)14-18-8-4-3-5-9-18/h3-11,16-17H,12-15H2,1-2H3. The van der Waals surface area contributed by atoms with Crippen molar-refractivity contribution in [1.29, 1.82) is 0 Å². The summed E-state index contributed by atoms with van der Waals surface area (Å²) in [4.78, 5) is 27.6. The molecular formula is C25H25N5O4S. The molecule has 0 saturated carbocycles. The molecule has 2 aromatic carbocycles. The fourth-order valence-electron chi connectivity index (χ4n) is 4.22. The van der Waals surface area contributed by atoms with Crippen molar-refractivity contribution >= 4 is 28.4 Å². The van der Waals surface area contributed by atoms with Crippen LogP contribution in [0.25, 0.3) is 22.4 Å². The summed E-state index contributed by atoms with van der Waals surface area (Å²) in [5.74, 6) is 0.381. The number of morpholine rings is 1. The molecule has 0 N–H and O–H groups in total. The summed E-state index contributed by atoms with van der Waals surface area (Å²) in [5.41, 5.74) is 1.19. The Bertz CT molecular complexity index is 1390. The maximum atomic E-state index is 13.1. The molecule has 2 aromatic heterocycles. The van der Waals surface area contributed by atoms with Crippen LogP contribution in [0.1, 0.15) is 19.4 Å². The van der Waals surface area contributed by atoms with Crippen LogP contribution in [0.5, 0.6) is 0 Å². The number of rotatable bonds is 6. The molecule has 35 heavy (non-hydrogen) atoms. The van der Waals surface area contributed by atoms with Crippen LogP contribution in [0.3, 0.4) is 0 Å². The van der Waals surface area contributed by atoms with Gasteiger partial charge in [-0.1, -0.05) is 60.3 Å². The van der Waals surface area contributed by atoms with E-state index in [1.807, 2.05) is 62.4 Å². The molecule has 0 bridgehead atoms. The van der Waals surface area contributed by atoms with Gasteiger partial charge in [-0.05, 0) is 25.5 Å². The highest BCUT2D eigenvalue weighted by atomic mass is 32.2. The van der Waals surface area contributed by atoms with Gasteiger partial charge in [0.1, 0.15) is 0 Å². The lowest BCUT2D eigenvalue weighted by molar-refractivity contribution is -0.140. The molecule has 1 fully saturated rings. The molecule has 9 nitrogen and oxygen atoms in total. The topological polar surface area (TPSA) is 103 Å². The molecule has 0 spiro atoms. The molecule has 2 atom stereocenters. The van der Waals surface area contributed by atoms with E-state index in [2.05, 4.69) is 15.3 Å². The second-order valence-corrected chi connectivity index (χ2v) is 9.49. The van der Waals surface area contributed by atoms with Gasteiger partial charge in [0, 0.05) is 18.5 Å². The number of carbonyl (C=O) groups excluding carboxylic acids is 1. The number of hydrogen-bond donors (Lipinski definition) is 0. The first-order valence-electron chi connectivity index (χ1n) is 11.4. The van der Waals surface area contributed by atoms with E-state index < -0.39 is 0 Å². The van der Waals surface area contributed by atoms with E-state index in [1.54, 1.807) is 11.0 Å². The van der Waals surface area contributed by atoms with Crippen LogP contribution in [0.15, 0.2) is 69.0 Å². The number of thioether (sulfide) groups is 1. The number of nitrogens with zero attached hydrogens (tertiary/aromatic N) is 5. The van der Waals surface area contributed by atoms with Gasteiger partial charge >= 0.3 is 0 Å². The predicted octanol–water partition coefficient (Wildman–Crippen LogP) is 3.22. The lowest BCUT2D eigenvalue weighted by Gasteiger charge is -2.35. The SMILES string of the molecule is CC1CN(C(=O)CSc2nnc(-c3nn(Cc4ccccc4)c(=O)c4ccccc34)o2)CC(C)O1. The zero-order chi connectivity index (χ0) is 24.4. The van der Waals surface area contributed by atoms with Gasteiger partial charge in [0.25, 0.3) is 16.7 Å². The monoisotopic (exact) mass is 491 g/mol. The van der Waals surface area contributed by atoms with E-state index in [0.29, 0.717) is 36.1 Å². The Morgan fingerprint density at radius 2 is 1.69 bits per heavy atom. The van der Waals surface area contributed by atoms with Crippen molar-refractivity contribution in [1.82, 2.24) is 24.9 Å². The number of aromatic nitrogens is 4. The van der Waals surface area contributed by atoms with E-state index in [1.165, 1.54) is 16.4 Å². The molecular weight excluding hydrogens is 466 g/mol. The molecule has 1 aliphatic rings. The maximum absolute atomic E-state index is 13.1. The molecule has 0 radical (unpaired) electrons. The van der Waals surface area contributed by atoms with Gasteiger partial charge in [0.2, 0.25) is 5.91 Å². The van der Waals surface area contributed by atoms with Crippen molar-refractivity contribution < 1.29 is 13.9 Å². The van der Waals surface area contributed by atoms with Crippen molar-refractivity contribution in [3.63, 3.8) is 0 Å². The lowest BCUT2D eigenvalue weighted by atomic mass is 10.1. The third kappa shape index (κ3) is 5.13. The highest BCUT2D eigenvalue weighted by molar-refractivity contribution is 7.99. The Morgan fingerprint density at radius 3 is 2.43 bits per heavy atom. The highest BCUT2D eigenvalue weighted by Gasteiger charge is 2.26. The fraction of sp³-hybridized carbons (Fsp3) is 0.320. The van der Waals surface area contributed by atoms with Crippen molar-refractivity contribution in [2.45, 2.75) is 37.8 Å². The third-order valence-electron chi connectivity index (χ3n) is 5.74. The summed E-state index contributed by atoms with van der Waals surface area (Å²) in [5, 5.41) is 14.3. The summed E-state index contributed by atoms with van der Waals surface area (Å²) < 4.78 is 13.0. The van der Waals surface area contributed by atoms with Gasteiger partial charge in [-0.2, -0.15) is 5.10 Å². The Kier molecular flexibility index (Phi) is 6.65. The fourth-order valence-corrected chi connectivity index (χ4v) is 4.88. The van der Waals surface area contributed by atoms with Crippen LogP contribution in [-0.2, 0) is 16.1 Å². The Labute approximate surface area is 206 Å². The molecule has 180 valence electrons. The Morgan fingerprint density at radius 1 is 1.00 bits per heavy atom. The van der Waals surface area contributed by atoms with Gasteiger partial charge < -0.3 is 14.1 Å². The molecule has 2 unspecified atom stereocenters. The van der Waals surface area contributed by atoms with E-state index in [0.717, 1.165) is 5.56 Å². The number of carbonyl (C=O) groups is 1. The van der Waals surface area contributed by atoms with Gasteiger partial charge in [-0.3, -0.25) is 9.59 Å². The van der Waals surface area contributed by atoms with Gasteiger partial charge in [0.15, 0.2) is 5.69 Å². The van der Waals surface area contributed by atoms with Crippen LogP contribution in [0.2, 0.25) is 0 Å². The maximum Gasteiger partial charge on any atom is 0.277 e. The predicted molar refractivity (Wildman–Crippen MR) is 132 cm³/mol. The smallest absolute Gasteiger partial charge is 0.277 e. The first-order valence-corrected chi connectivity index (χ1v) is 12.4. The normalized spacial score (nSPS) is 18.2. The van der Waals surface area contributed by atoms with Crippen molar-refractivity contribution in [2.75, 3.05) is 18.8 Å². The largest absolute Gasteiger partial charge is 0.409 e. The summed E-state index contributed by atoms with van der Waals surface area (Å²) in [6, 6.07) is 16.9. The Hall–Kier alpha value is -3.50. The minimum Gasteiger partial charge on any atom is -0.409 e. The zero-order valence-electron chi connectivity index (χ0n) is 19.5. The van der Waals surface area contributed by atoms with Gasteiger partial charge in [-0.25, -0.2) is 4.68 Å². The third-order valence-corrected chi connectivity index (χ3v) is 6.55. The number of benzene rings is 2. The first-order chi connectivity index (χ1) is 17.0. The molecule has 1 amide bonds. The molecule has 5 rings (SSSR count). The molecule has 1 saturated heterocycles. The number of ether oxygens (including phenoxy) is 1. The van der Waals surface area contributed by atoms with Crippen LogP contribution in [-0.4, -0.2) is 61.8 Å². The average molecular weight is 492 g/mol. The minimum atomic E-state index is -0.193. The second kappa shape index (κ2) is 10.0. The highest BCUT2D eigenvalue weighted by Crippen LogP contribution is 2.27. The van der Waals surface area contributed by atoms with Crippen LogP contribution < -0.4 is 5.56 Å². The van der Waals surface area contributed by atoms with Gasteiger partial charge in [-0.15, -0.1) is 10.2 Å². The number of hydrogen-bond acceptors (Lipinski definition) is 8. The van der Waals surface area contributed by atoms with E-state index in [4.69, 9.17) is 9.15 Å². The lowest BCUT2D eigenvalue weighted by Crippen LogP contribution is -2.48. The van der Waals surface area contributed by atoms with E-state index in [-0.39, 0.29) is 40.5 Å². The van der Waals surface area contributed by atoms with Crippen LogP contribution in [0.4, 0.5) is 0 Å². The van der Waals surface area contributed by atoms with E-state index >= 15 is 0 Å². The van der Waals surface area contributed by atoms with E-state index in [9.17, 15) is 9.59 Å². The minimum absolute atomic E-state index is 0.00302. The molecule has 1 aliphatic heterocycles. The van der Waals surface area contributed by atoms with Crippen molar-refractivity contribution in [3.05, 3.63) is 70.5 Å². The van der Waals surface area contributed by atoms with Crippen molar-refractivity contribution in [3.8, 4) is 11.6 Å². The van der Waals surface area contributed by atoms with Crippen molar-refractivity contribution in [2.24, 2.45) is 0 Å².